The lowest BCUT2D eigenvalue weighted by atomic mass is 10.2. The van der Waals surface area contributed by atoms with Gasteiger partial charge in [-0.2, -0.15) is 0 Å². The number of nitrogens with two attached hydrogens (primary N) is 1. The highest BCUT2D eigenvalue weighted by Gasteiger charge is 2.14. The Morgan fingerprint density at radius 2 is 2.15 bits per heavy atom. The second-order valence-electron chi connectivity index (χ2n) is 5.72. The van der Waals surface area contributed by atoms with Crippen molar-refractivity contribution in [2.75, 3.05) is 6.54 Å². The molecule has 0 fully saturated rings. The van der Waals surface area contributed by atoms with E-state index >= 15 is 0 Å². The Morgan fingerprint density at radius 3 is 2.92 bits per heavy atom. The SMILES string of the molecule is C=C(/N=C1/NC=C/C1=C(/N)NCCc1ccccn1)c1cccc(Cl)c1. The molecule has 0 unspecified atom stereocenters. The largest absolute Gasteiger partial charge is 0.385 e. The van der Waals surface area contributed by atoms with Crippen LogP contribution in [0.25, 0.3) is 5.70 Å². The molecule has 3 rings (SSSR count). The van der Waals surface area contributed by atoms with Crippen molar-refractivity contribution in [3.05, 3.63) is 95.2 Å². The molecule has 2 aromatic rings. The molecule has 1 aromatic carbocycles. The number of hydrogen-bond acceptors (Lipinski definition) is 4. The van der Waals surface area contributed by atoms with Gasteiger partial charge in [-0.05, 0) is 30.3 Å². The molecule has 6 heteroatoms. The van der Waals surface area contributed by atoms with E-state index in [0.717, 1.165) is 23.3 Å². The van der Waals surface area contributed by atoms with Crippen LogP contribution < -0.4 is 16.4 Å². The lowest BCUT2D eigenvalue weighted by Crippen LogP contribution is -2.27. The van der Waals surface area contributed by atoms with Gasteiger partial charge in [-0.15, -0.1) is 0 Å². The van der Waals surface area contributed by atoms with Crippen LogP contribution in [0.5, 0.6) is 0 Å². The molecule has 1 aliphatic rings. The minimum atomic E-state index is 0.555. The van der Waals surface area contributed by atoms with Crippen molar-refractivity contribution in [1.82, 2.24) is 15.6 Å². The summed E-state index contributed by atoms with van der Waals surface area (Å²) in [6, 6.07) is 13.3. The lowest BCUT2D eigenvalue weighted by Gasteiger charge is -2.10. The van der Waals surface area contributed by atoms with Crippen molar-refractivity contribution in [2.45, 2.75) is 6.42 Å². The fraction of sp³-hybridized carbons (Fsp3) is 0.100. The Hall–Kier alpha value is -3.05. The summed E-state index contributed by atoms with van der Waals surface area (Å²) in [5.74, 6) is 1.21. The predicted molar refractivity (Wildman–Crippen MR) is 107 cm³/mol. The zero-order chi connectivity index (χ0) is 18.4. The second kappa shape index (κ2) is 8.36. The molecule has 1 aliphatic heterocycles. The van der Waals surface area contributed by atoms with Crippen molar-refractivity contribution in [3.8, 4) is 0 Å². The summed E-state index contributed by atoms with van der Waals surface area (Å²) in [5.41, 5.74) is 9.48. The quantitative estimate of drug-likeness (QED) is 0.734. The van der Waals surface area contributed by atoms with E-state index in [1.54, 1.807) is 12.4 Å². The molecule has 26 heavy (non-hydrogen) atoms. The molecule has 0 spiro atoms. The van der Waals surface area contributed by atoms with E-state index in [-0.39, 0.29) is 0 Å². The highest BCUT2D eigenvalue weighted by atomic mass is 35.5. The summed E-state index contributed by atoms with van der Waals surface area (Å²) < 4.78 is 0. The first-order valence-corrected chi connectivity index (χ1v) is 8.62. The Labute approximate surface area is 158 Å². The van der Waals surface area contributed by atoms with Crippen LogP contribution in [0.4, 0.5) is 0 Å². The molecule has 0 bridgehead atoms. The van der Waals surface area contributed by atoms with Crippen molar-refractivity contribution in [1.29, 1.82) is 0 Å². The Balaban J connectivity index is 1.68. The molecule has 0 saturated heterocycles. The number of nitrogens with one attached hydrogen (secondary N) is 2. The van der Waals surface area contributed by atoms with E-state index in [9.17, 15) is 0 Å². The number of halogens is 1. The van der Waals surface area contributed by atoms with E-state index in [0.29, 0.717) is 28.9 Å². The van der Waals surface area contributed by atoms with E-state index < -0.39 is 0 Å². The molecular weight excluding hydrogens is 346 g/mol. The fourth-order valence-corrected chi connectivity index (χ4v) is 2.69. The van der Waals surface area contributed by atoms with Crippen molar-refractivity contribution >= 4 is 23.1 Å². The summed E-state index contributed by atoms with van der Waals surface area (Å²) in [5, 5.41) is 6.96. The average molecular weight is 366 g/mol. The minimum Gasteiger partial charge on any atom is -0.385 e. The lowest BCUT2D eigenvalue weighted by molar-refractivity contribution is 0.763. The number of amidine groups is 1. The van der Waals surface area contributed by atoms with Gasteiger partial charge in [-0.1, -0.05) is 36.4 Å². The van der Waals surface area contributed by atoms with Gasteiger partial charge in [-0.25, -0.2) is 4.99 Å². The summed E-state index contributed by atoms with van der Waals surface area (Å²) in [4.78, 5) is 8.85. The van der Waals surface area contributed by atoms with Gasteiger partial charge in [0.2, 0.25) is 0 Å². The van der Waals surface area contributed by atoms with Gasteiger partial charge >= 0.3 is 0 Å². The molecule has 1 aromatic heterocycles. The monoisotopic (exact) mass is 365 g/mol. The second-order valence-corrected chi connectivity index (χ2v) is 6.16. The van der Waals surface area contributed by atoms with E-state index in [1.807, 2.05) is 48.5 Å². The van der Waals surface area contributed by atoms with Crippen molar-refractivity contribution < 1.29 is 0 Å². The Kier molecular flexibility index (Phi) is 5.71. The van der Waals surface area contributed by atoms with E-state index in [2.05, 4.69) is 27.2 Å². The molecule has 2 heterocycles. The van der Waals surface area contributed by atoms with Gasteiger partial charge in [0.1, 0.15) is 11.7 Å². The predicted octanol–water partition coefficient (Wildman–Crippen LogP) is 3.22. The summed E-state index contributed by atoms with van der Waals surface area (Å²) in [6.07, 6.45) is 6.25. The first kappa shape index (κ1) is 17.8. The first-order valence-electron chi connectivity index (χ1n) is 8.24. The van der Waals surface area contributed by atoms with E-state index in [1.165, 1.54) is 0 Å². The van der Waals surface area contributed by atoms with Crippen LogP contribution >= 0.6 is 11.6 Å². The molecule has 0 amide bonds. The third kappa shape index (κ3) is 4.52. The maximum Gasteiger partial charge on any atom is 0.141 e. The summed E-state index contributed by atoms with van der Waals surface area (Å²) >= 11 is 6.03. The number of pyridine rings is 1. The smallest absolute Gasteiger partial charge is 0.141 e. The number of aliphatic imine (C=N–C) groups is 1. The normalized spacial score (nSPS) is 16.4. The molecular formula is C20H20ClN5. The molecule has 0 saturated carbocycles. The standard InChI is InChI=1S/C20H20ClN5/c1-14(15-5-4-6-16(21)13-15)26-20-18(9-12-25-20)19(22)24-11-8-17-7-2-3-10-23-17/h2-7,9-10,12-13,24H,1,8,11,22H2,(H,25,26)/b19-18+. The minimum absolute atomic E-state index is 0.555. The van der Waals surface area contributed by atoms with Gasteiger partial charge in [0.05, 0.1) is 11.3 Å². The number of rotatable bonds is 6. The maximum atomic E-state index is 6.20. The summed E-state index contributed by atoms with van der Waals surface area (Å²) in [7, 11) is 0. The highest BCUT2D eigenvalue weighted by Crippen LogP contribution is 2.20. The number of hydrogen-bond donors (Lipinski definition) is 3. The number of benzene rings is 1. The topological polar surface area (TPSA) is 75.3 Å². The molecule has 0 radical (unpaired) electrons. The Bertz CT molecular complexity index is 884. The van der Waals surface area contributed by atoms with Crippen LogP contribution in [-0.4, -0.2) is 17.4 Å². The molecule has 0 atom stereocenters. The highest BCUT2D eigenvalue weighted by molar-refractivity contribution is 6.30. The molecule has 5 nitrogen and oxygen atoms in total. The van der Waals surface area contributed by atoms with Crippen LogP contribution in [0.1, 0.15) is 11.3 Å². The van der Waals surface area contributed by atoms with Crippen LogP contribution in [0, 0.1) is 0 Å². The van der Waals surface area contributed by atoms with Crippen LogP contribution in [0.15, 0.2) is 83.9 Å². The van der Waals surface area contributed by atoms with Crippen LogP contribution in [0.2, 0.25) is 5.02 Å². The fourth-order valence-electron chi connectivity index (χ4n) is 2.50. The average Bonchev–Trinajstić information content (AvgIpc) is 3.11. The van der Waals surface area contributed by atoms with Gasteiger partial charge < -0.3 is 16.4 Å². The zero-order valence-corrected chi connectivity index (χ0v) is 15.0. The third-order valence-corrected chi connectivity index (χ3v) is 4.08. The number of aromatic nitrogens is 1. The first-order chi connectivity index (χ1) is 12.6. The van der Waals surface area contributed by atoms with Crippen molar-refractivity contribution in [2.24, 2.45) is 10.7 Å². The van der Waals surface area contributed by atoms with Gasteiger partial charge in [0, 0.05) is 41.6 Å². The summed E-state index contributed by atoms with van der Waals surface area (Å²) in [6.45, 7) is 4.70. The van der Waals surface area contributed by atoms with Gasteiger partial charge in [-0.3, -0.25) is 4.98 Å². The molecule has 4 N–H and O–H groups in total. The third-order valence-electron chi connectivity index (χ3n) is 3.84. The van der Waals surface area contributed by atoms with Crippen molar-refractivity contribution in [3.63, 3.8) is 0 Å². The van der Waals surface area contributed by atoms with E-state index in [4.69, 9.17) is 17.3 Å². The zero-order valence-electron chi connectivity index (χ0n) is 14.2. The maximum absolute atomic E-state index is 6.20. The van der Waals surface area contributed by atoms with Gasteiger partial charge in [0.15, 0.2) is 0 Å². The molecule has 132 valence electrons. The molecule has 0 aliphatic carbocycles. The van der Waals surface area contributed by atoms with Crippen LogP contribution in [0.3, 0.4) is 0 Å². The van der Waals surface area contributed by atoms with Gasteiger partial charge in [0.25, 0.3) is 0 Å². The Morgan fingerprint density at radius 1 is 1.27 bits per heavy atom. The number of nitrogens with zero attached hydrogens (tertiary/aromatic N) is 2. The van der Waals surface area contributed by atoms with Crippen LogP contribution in [-0.2, 0) is 6.42 Å².